The lowest BCUT2D eigenvalue weighted by Crippen LogP contribution is -2.55. The third-order valence-electron chi connectivity index (χ3n) is 10.9. The lowest BCUT2D eigenvalue weighted by molar-refractivity contribution is -0.170. The van der Waals surface area contributed by atoms with Gasteiger partial charge in [-0.3, -0.25) is 9.59 Å². The van der Waals surface area contributed by atoms with Gasteiger partial charge >= 0.3 is 11.9 Å². The molecule has 4 nitrogen and oxygen atoms in total. The van der Waals surface area contributed by atoms with Crippen molar-refractivity contribution in [1.29, 1.82) is 0 Å². The minimum absolute atomic E-state index is 0.0297. The predicted octanol–water partition coefficient (Wildman–Crippen LogP) is 7.50. The van der Waals surface area contributed by atoms with E-state index in [1.54, 1.807) is 0 Å². The second-order valence-corrected chi connectivity index (χ2v) is 13.4. The molecule has 3 fully saturated rings. The van der Waals surface area contributed by atoms with Crippen LogP contribution in [0.25, 0.3) is 0 Å². The van der Waals surface area contributed by atoms with Gasteiger partial charge in [0.15, 0.2) is 6.10 Å². The molecule has 0 spiro atoms. The van der Waals surface area contributed by atoms with Gasteiger partial charge in [-0.05, 0) is 96.9 Å². The molecule has 4 heteroatoms. The molecule has 0 aliphatic heterocycles. The fourth-order valence-corrected chi connectivity index (χ4v) is 9.36. The first kappa shape index (κ1) is 26.7. The predicted molar refractivity (Wildman–Crippen MR) is 140 cm³/mol. The van der Waals surface area contributed by atoms with Crippen LogP contribution in [-0.4, -0.2) is 24.1 Å². The lowest BCUT2D eigenvalue weighted by Gasteiger charge is -2.59. The van der Waals surface area contributed by atoms with Crippen LogP contribution in [-0.2, 0) is 19.1 Å². The van der Waals surface area contributed by atoms with E-state index in [9.17, 15) is 9.59 Å². The number of hydrogen-bond donors (Lipinski definition) is 0. The van der Waals surface area contributed by atoms with Crippen molar-refractivity contribution in [3.63, 3.8) is 0 Å². The zero-order chi connectivity index (χ0) is 25.5. The van der Waals surface area contributed by atoms with Crippen LogP contribution in [0.4, 0.5) is 0 Å². The topological polar surface area (TPSA) is 52.6 Å². The molecule has 0 radical (unpaired) electrons. The Balaban J connectivity index is 1.55. The molecule has 0 amide bonds. The maximum absolute atomic E-state index is 12.0. The van der Waals surface area contributed by atoms with E-state index in [-0.39, 0.29) is 23.5 Å². The summed E-state index contributed by atoms with van der Waals surface area (Å²) in [6, 6.07) is 0. The quantitative estimate of drug-likeness (QED) is 0.276. The van der Waals surface area contributed by atoms with Gasteiger partial charge in [-0.15, -0.1) is 0 Å². The summed E-state index contributed by atoms with van der Waals surface area (Å²) >= 11 is 0. The van der Waals surface area contributed by atoms with Crippen molar-refractivity contribution in [2.45, 2.75) is 125 Å². The fraction of sp³-hybridized carbons (Fsp3) is 0.871. The number of carbonyl (C=O) groups is 2. The van der Waals surface area contributed by atoms with Crippen molar-refractivity contribution in [3.8, 4) is 0 Å². The van der Waals surface area contributed by atoms with Crippen molar-refractivity contribution < 1.29 is 19.1 Å². The minimum atomic E-state index is -0.429. The molecule has 9 atom stereocenters. The van der Waals surface area contributed by atoms with Crippen molar-refractivity contribution in [2.75, 3.05) is 0 Å². The Morgan fingerprint density at radius 3 is 2.31 bits per heavy atom. The molecule has 4 aliphatic rings. The molecular formula is C31H50O4. The van der Waals surface area contributed by atoms with E-state index >= 15 is 0 Å². The summed E-state index contributed by atoms with van der Waals surface area (Å²) in [6.45, 7) is 15.2. The monoisotopic (exact) mass is 486 g/mol. The van der Waals surface area contributed by atoms with Crippen LogP contribution in [0.3, 0.4) is 0 Å². The number of rotatable bonds is 7. The maximum Gasteiger partial charge on any atom is 0.303 e. The first-order valence-electron chi connectivity index (χ1n) is 14.5. The van der Waals surface area contributed by atoms with E-state index < -0.39 is 6.10 Å². The van der Waals surface area contributed by atoms with Gasteiger partial charge in [0.1, 0.15) is 6.10 Å². The second-order valence-electron chi connectivity index (χ2n) is 13.4. The molecule has 0 bridgehead atoms. The van der Waals surface area contributed by atoms with Crippen LogP contribution < -0.4 is 0 Å². The molecule has 35 heavy (non-hydrogen) atoms. The molecule has 0 aromatic rings. The third kappa shape index (κ3) is 4.97. The summed E-state index contributed by atoms with van der Waals surface area (Å²) in [6.07, 6.45) is 13.9. The highest BCUT2D eigenvalue weighted by Gasteiger charge is 2.60. The molecule has 4 rings (SSSR count). The van der Waals surface area contributed by atoms with Gasteiger partial charge in [0, 0.05) is 13.8 Å². The molecule has 198 valence electrons. The Labute approximate surface area is 214 Å². The van der Waals surface area contributed by atoms with Crippen molar-refractivity contribution in [1.82, 2.24) is 0 Å². The summed E-state index contributed by atoms with van der Waals surface area (Å²) in [5, 5.41) is 0. The largest absolute Gasteiger partial charge is 0.458 e. The highest BCUT2D eigenvalue weighted by Crippen LogP contribution is 2.67. The van der Waals surface area contributed by atoms with Gasteiger partial charge in [-0.2, -0.15) is 0 Å². The van der Waals surface area contributed by atoms with Gasteiger partial charge in [0.2, 0.25) is 0 Å². The third-order valence-corrected chi connectivity index (χ3v) is 10.9. The first-order valence-corrected chi connectivity index (χ1v) is 14.5. The molecule has 3 saturated carbocycles. The molecule has 0 N–H and O–H groups in total. The maximum atomic E-state index is 12.0. The smallest absolute Gasteiger partial charge is 0.303 e. The van der Waals surface area contributed by atoms with E-state index in [1.807, 2.05) is 0 Å². The Morgan fingerprint density at radius 2 is 1.66 bits per heavy atom. The average molecular weight is 487 g/mol. The fourth-order valence-electron chi connectivity index (χ4n) is 9.36. The van der Waals surface area contributed by atoms with Crippen LogP contribution in [0.1, 0.15) is 113 Å². The van der Waals surface area contributed by atoms with Crippen molar-refractivity contribution >= 4 is 11.9 Å². The van der Waals surface area contributed by atoms with Gasteiger partial charge in [0.05, 0.1) is 0 Å². The number of allylic oxidation sites excluding steroid dienone is 1. The van der Waals surface area contributed by atoms with Crippen LogP contribution >= 0.6 is 0 Å². The van der Waals surface area contributed by atoms with E-state index in [0.29, 0.717) is 11.3 Å². The summed E-state index contributed by atoms with van der Waals surface area (Å²) < 4.78 is 11.5. The summed E-state index contributed by atoms with van der Waals surface area (Å²) in [7, 11) is 0. The van der Waals surface area contributed by atoms with Gasteiger partial charge in [-0.1, -0.05) is 60.0 Å². The van der Waals surface area contributed by atoms with Gasteiger partial charge in [-0.25, -0.2) is 0 Å². The number of carbonyl (C=O) groups excluding carboxylic acids is 2. The Hall–Kier alpha value is -1.32. The number of fused-ring (bicyclic) bond motifs is 5. The van der Waals surface area contributed by atoms with Gasteiger partial charge in [0.25, 0.3) is 0 Å². The number of esters is 2. The second kappa shape index (κ2) is 10.2. The zero-order valence-electron chi connectivity index (χ0n) is 23.4. The van der Waals surface area contributed by atoms with Crippen LogP contribution in [0.15, 0.2) is 11.6 Å². The molecule has 4 aliphatic carbocycles. The molecular weight excluding hydrogens is 436 g/mol. The standard InChI is InChI=1S/C31H50O4/c1-19(2)9-8-10-20(3)24-13-14-25-23-11-12-27-29(35-22(5)33)28(34-21(4)32)16-18-31(27,7)26(23)15-17-30(24,25)6/h12,19-20,23-26,28-29H,8-11,13-18H2,1-7H3/t20-,23+,24-,25+,26+,28+,29+,30-,31-/m1/s1. The lowest BCUT2D eigenvalue weighted by atomic mass is 9.46. The molecule has 0 unspecified atom stereocenters. The summed E-state index contributed by atoms with van der Waals surface area (Å²) in [4.78, 5) is 23.8. The Bertz CT molecular complexity index is 830. The van der Waals surface area contributed by atoms with Crippen molar-refractivity contribution in [3.05, 3.63) is 11.6 Å². The summed E-state index contributed by atoms with van der Waals surface area (Å²) in [5.74, 6) is 4.04. The first-order chi connectivity index (χ1) is 16.5. The molecule has 0 saturated heterocycles. The molecule has 0 aromatic heterocycles. The van der Waals surface area contributed by atoms with Crippen molar-refractivity contribution in [2.24, 2.45) is 46.3 Å². The van der Waals surface area contributed by atoms with Gasteiger partial charge < -0.3 is 9.47 Å². The average Bonchev–Trinajstić information content (AvgIpc) is 3.12. The van der Waals surface area contributed by atoms with E-state index in [2.05, 4.69) is 40.7 Å². The number of ether oxygens (including phenoxy) is 2. The normalized spacial score (nSPS) is 41.3. The molecule has 0 heterocycles. The highest BCUT2D eigenvalue weighted by molar-refractivity contribution is 5.68. The minimum Gasteiger partial charge on any atom is -0.458 e. The van der Waals surface area contributed by atoms with Crippen LogP contribution in [0.2, 0.25) is 0 Å². The van der Waals surface area contributed by atoms with E-state index in [4.69, 9.17) is 9.47 Å². The molecule has 0 aromatic carbocycles. The summed E-state index contributed by atoms with van der Waals surface area (Å²) in [5.41, 5.74) is 1.72. The SMILES string of the molecule is CC(=O)O[C@H]1CC[C@@]2(C)C(=CC[C@H]3[C@@H]4CC[C@H]([C@H](C)CCCC(C)C)[C@@]4(C)CC[C@@H]32)[C@@H]1OC(C)=O. The Morgan fingerprint density at radius 1 is 0.943 bits per heavy atom. The van der Waals surface area contributed by atoms with Crippen LogP contribution in [0.5, 0.6) is 0 Å². The zero-order valence-corrected chi connectivity index (χ0v) is 23.4. The van der Waals surface area contributed by atoms with Crippen LogP contribution in [0, 0.1) is 46.3 Å². The van der Waals surface area contributed by atoms with E-state index in [1.165, 1.54) is 64.4 Å². The highest BCUT2D eigenvalue weighted by atomic mass is 16.6. The number of hydrogen-bond acceptors (Lipinski definition) is 4. The van der Waals surface area contributed by atoms with E-state index in [0.717, 1.165) is 48.9 Å². The Kier molecular flexibility index (Phi) is 7.80.